The first-order valence-electron chi connectivity index (χ1n) is 26.6. The fraction of sp³-hybridized carbons (Fsp3) is 0.0137. The van der Waals surface area contributed by atoms with E-state index in [1.807, 2.05) is 23.1 Å². The van der Waals surface area contributed by atoms with Gasteiger partial charge in [-0.3, -0.25) is 0 Å². The Hall–Kier alpha value is -9.39. The Morgan fingerprint density at radius 2 is 0.872 bits per heavy atom. The van der Waals surface area contributed by atoms with Gasteiger partial charge in [0, 0.05) is 80.3 Å². The predicted octanol–water partition coefficient (Wildman–Crippen LogP) is 21.1. The highest BCUT2D eigenvalue weighted by molar-refractivity contribution is 7.99. The number of rotatable bonds is 8. The molecule has 0 atom stereocenters. The molecule has 0 radical (unpaired) electrons. The second-order valence-corrected chi connectivity index (χ2v) is 22.4. The van der Waals surface area contributed by atoms with Gasteiger partial charge in [0.2, 0.25) is 0 Å². The molecule has 0 bridgehead atoms. The molecule has 1 aliphatic carbocycles. The van der Waals surface area contributed by atoms with E-state index in [0.717, 1.165) is 67.2 Å². The van der Waals surface area contributed by atoms with Crippen molar-refractivity contribution in [2.24, 2.45) is 0 Å². The minimum Gasteiger partial charge on any atom is -0.455 e. The van der Waals surface area contributed by atoms with Gasteiger partial charge < -0.3 is 14.2 Å². The summed E-state index contributed by atoms with van der Waals surface area (Å²) in [6, 6.07) is 103. The van der Waals surface area contributed by atoms with Gasteiger partial charge in [-0.25, -0.2) is 0 Å². The second-order valence-electron chi connectivity index (χ2n) is 20.3. The Labute approximate surface area is 460 Å². The molecule has 14 aromatic rings. The number of thiophene rings is 1. The lowest BCUT2D eigenvalue weighted by molar-refractivity contribution is 0.670. The lowest BCUT2D eigenvalue weighted by atomic mass is 9.67. The van der Waals surface area contributed by atoms with Crippen LogP contribution in [-0.2, 0) is 5.41 Å². The molecule has 16 rings (SSSR count). The summed E-state index contributed by atoms with van der Waals surface area (Å²) in [6.07, 6.45) is 0. The van der Waals surface area contributed by atoms with Crippen LogP contribution in [0.25, 0.3) is 75.5 Å². The van der Waals surface area contributed by atoms with Crippen LogP contribution >= 0.6 is 23.1 Å². The van der Waals surface area contributed by atoms with E-state index >= 15 is 0 Å². The summed E-state index contributed by atoms with van der Waals surface area (Å²) in [5.74, 6) is 0. The quantitative estimate of drug-likeness (QED) is 0.151. The summed E-state index contributed by atoms with van der Waals surface area (Å²) in [5.41, 5.74) is 20.0. The minimum atomic E-state index is -0.589. The summed E-state index contributed by atoms with van der Waals surface area (Å²) < 4.78 is 9.29. The lowest BCUT2D eigenvalue weighted by Gasteiger charge is -2.41. The van der Waals surface area contributed by atoms with Crippen molar-refractivity contribution < 1.29 is 4.42 Å². The molecule has 2 aliphatic rings. The molecule has 0 saturated carbocycles. The Balaban J connectivity index is 0.941. The number of fused-ring (bicyclic) bond motifs is 15. The number of benzene rings is 12. The molecule has 0 amide bonds. The van der Waals surface area contributed by atoms with E-state index in [0.29, 0.717) is 0 Å². The maximum absolute atomic E-state index is 6.72. The maximum Gasteiger partial charge on any atom is 0.143 e. The first kappa shape index (κ1) is 44.9. The van der Waals surface area contributed by atoms with Gasteiger partial charge in [0.25, 0.3) is 0 Å². The van der Waals surface area contributed by atoms with Gasteiger partial charge in [-0.2, -0.15) is 0 Å². The number of nitrogens with zero attached hydrogens (tertiary/aromatic N) is 2. The van der Waals surface area contributed by atoms with Crippen molar-refractivity contribution in [3.8, 4) is 33.4 Å². The summed E-state index contributed by atoms with van der Waals surface area (Å²) in [7, 11) is 0. The minimum absolute atomic E-state index is 0.589. The van der Waals surface area contributed by atoms with Crippen molar-refractivity contribution in [3.05, 3.63) is 301 Å². The predicted molar refractivity (Wildman–Crippen MR) is 328 cm³/mol. The highest BCUT2D eigenvalue weighted by Crippen LogP contribution is 2.63. The topological polar surface area (TPSA) is 19.6 Å². The highest BCUT2D eigenvalue weighted by atomic mass is 32.2. The third kappa shape index (κ3) is 6.78. The Morgan fingerprint density at radius 1 is 0.333 bits per heavy atom. The van der Waals surface area contributed by atoms with Gasteiger partial charge in [-0.05, 0) is 129 Å². The zero-order valence-electron chi connectivity index (χ0n) is 42.2. The molecule has 12 aromatic carbocycles. The van der Waals surface area contributed by atoms with Crippen LogP contribution < -0.4 is 9.80 Å². The van der Waals surface area contributed by atoms with Crippen molar-refractivity contribution in [1.82, 2.24) is 0 Å². The molecule has 2 aromatic heterocycles. The second kappa shape index (κ2) is 17.9. The average molecular weight is 1030 g/mol. The van der Waals surface area contributed by atoms with Crippen LogP contribution in [0.1, 0.15) is 22.3 Å². The van der Waals surface area contributed by atoms with Crippen LogP contribution in [0.4, 0.5) is 34.1 Å². The van der Waals surface area contributed by atoms with Crippen molar-refractivity contribution >= 4 is 99.3 Å². The van der Waals surface area contributed by atoms with Gasteiger partial charge in [-0.15, -0.1) is 11.3 Å². The van der Waals surface area contributed by atoms with E-state index in [4.69, 9.17) is 4.42 Å². The first-order valence-corrected chi connectivity index (χ1v) is 28.2. The molecular weight excluding hydrogens is 985 g/mol. The molecule has 0 unspecified atom stereocenters. The summed E-state index contributed by atoms with van der Waals surface area (Å²) in [5, 5.41) is 4.74. The molecule has 366 valence electrons. The van der Waals surface area contributed by atoms with E-state index in [2.05, 4.69) is 289 Å². The molecule has 3 nitrogen and oxygen atoms in total. The van der Waals surface area contributed by atoms with Crippen LogP contribution in [0, 0.1) is 0 Å². The molecule has 0 N–H and O–H groups in total. The number of hydrogen-bond acceptors (Lipinski definition) is 5. The standard InChI is InChI=1S/C73H46N2OS2/c1-5-21-47(22-6-1)58-43-53(44-59-56-31-15-19-35-65(56)76-72(58)59)74(49-25-9-3-10-26-49)51-37-39-62-68(45-51)78-69-46-52(38-40-63(69)73(62)60-33-17-13-29-54(60)55-30-14-18-34-61(55)73)75(50-27-11-4-12-28-50)64-41-42-67-71(57-32-16-20-36-66(57)77-67)70(64)48-23-7-2-8-24-48/h1-46H. The van der Waals surface area contributed by atoms with Gasteiger partial charge in [0.15, 0.2) is 0 Å². The first-order chi connectivity index (χ1) is 38.7. The fourth-order valence-electron chi connectivity index (χ4n) is 12.9. The van der Waals surface area contributed by atoms with Crippen LogP contribution in [0.5, 0.6) is 0 Å². The molecule has 0 fully saturated rings. The lowest BCUT2D eigenvalue weighted by Crippen LogP contribution is -2.32. The van der Waals surface area contributed by atoms with Crippen molar-refractivity contribution in [2.75, 3.05) is 9.80 Å². The van der Waals surface area contributed by atoms with E-state index in [1.165, 1.54) is 74.5 Å². The van der Waals surface area contributed by atoms with Crippen LogP contribution in [0.3, 0.4) is 0 Å². The third-order valence-electron chi connectivity index (χ3n) is 16.1. The van der Waals surface area contributed by atoms with E-state index in [1.54, 1.807) is 0 Å². The SMILES string of the molecule is c1ccc(-c2cc(N(c3ccccc3)c3ccc4c(c3)Sc3cc(N(c5ccccc5)c5ccc6sc7ccccc7c6c5-c5ccccc5)ccc3C43c4ccccc4-c4ccccc43)cc3c2oc2ccccc23)cc1. The highest BCUT2D eigenvalue weighted by Gasteiger charge is 2.50. The normalized spacial score (nSPS) is 12.9. The number of furan rings is 1. The largest absolute Gasteiger partial charge is 0.455 e. The van der Waals surface area contributed by atoms with Crippen LogP contribution in [0.15, 0.2) is 293 Å². The summed E-state index contributed by atoms with van der Waals surface area (Å²) in [4.78, 5) is 7.35. The zero-order chi connectivity index (χ0) is 51.3. The van der Waals surface area contributed by atoms with Gasteiger partial charge in [0.05, 0.1) is 11.1 Å². The fourth-order valence-corrected chi connectivity index (χ4v) is 15.2. The molecule has 78 heavy (non-hydrogen) atoms. The van der Waals surface area contributed by atoms with Crippen molar-refractivity contribution in [2.45, 2.75) is 15.2 Å². The third-order valence-corrected chi connectivity index (χ3v) is 18.3. The maximum atomic E-state index is 6.72. The monoisotopic (exact) mass is 1030 g/mol. The number of anilines is 6. The smallest absolute Gasteiger partial charge is 0.143 e. The molecule has 0 saturated heterocycles. The molecule has 5 heteroatoms. The molecular formula is C73H46N2OS2. The van der Waals surface area contributed by atoms with Crippen molar-refractivity contribution in [1.29, 1.82) is 0 Å². The molecule has 3 heterocycles. The number of hydrogen-bond donors (Lipinski definition) is 0. The van der Waals surface area contributed by atoms with E-state index in [9.17, 15) is 0 Å². The summed E-state index contributed by atoms with van der Waals surface area (Å²) >= 11 is 3.75. The van der Waals surface area contributed by atoms with Gasteiger partial charge >= 0.3 is 0 Å². The Morgan fingerprint density at radius 3 is 1.54 bits per heavy atom. The average Bonchev–Trinajstić information content (AvgIpc) is 4.34. The Kier molecular flexibility index (Phi) is 10.3. The van der Waals surface area contributed by atoms with Gasteiger partial charge in [0.1, 0.15) is 11.2 Å². The van der Waals surface area contributed by atoms with Crippen LogP contribution in [0.2, 0.25) is 0 Å². The van der Waals surface area contributed by atoms with Crippen LogP contribution in [-0.4, -0.2) is 0 Å². The van der Waals surface area contributed by atoms with Gasteiger partial charge in [-0.1, -0.05) is 206 Å². The van der Waals surface area contributed by atoms with E-state index in [-0.39, 0.29) is 0 Å². The number of para-hydroxylation sites is 3. The Bertz CT molecular complexity index is 4620. The molecule has 1 spiro atoms. The zero-order valence-corrected chi connectivity index (χ0v) is 43.8. The van der Waals surface area contributed by atoms with E-state index < -0.39 is 5.41 Å². The molecule has 1 aliphatic heterocycles. The van der Waals surface area contributed by atoms with Crippen molar-refractivity contribution in [3.63, 3.8) is 0 Å². The summed E-state index contributed by atoms with van der Waals surface area (Å²) in [6.45, 7) is 0.